The van der Waals surface area contributed by atoms with E-state index in [0.29, 0.717) is 12.0 Å². The van der Waals surface area contributed by atoms with Gasteiger partial charge in [0.25, 0.3) is 5.69 Å². The molecule has 18 heavy (non-hydrogen) atoms. The number of carbonyl (C=O) groups is 1. The first-order valence-electron chi connectivity index (χ1n) is 5.36. The molecule has 1 aromatic rings. The molecule has 0 saturated heterocycles. The molecule has 0 spiro atoms. The number of hydrogen-bond donors (Lipinski definition) is 3. The molecule has 0 aromatic heterocycles. The van der Waals surface area contributed by atoms with Crippen LogP contribution in [0.15, 0.2) is 24.3 Å². The minimum absolute atomic E-state index is 0.0948. The number of carboxylic acid groups (broad SMARTS) is 1. The highest BCUT2D eigenvalue weighted by atomic mass is 16.6. The molecule has 1 aliphatic rings. The maximum Gasteiger partial charge on any atom is 0.405 e. The zero-order valence-electron chi connectivity index (χ0n) is 9.37. The lowest BCUT2D eigenvalue weighted by atomic mass is 10.0. The Kier molecular flexibility index (Phi) is 2.92. The molecule has 0 heterocycles. The first-order chi connectivity index (χ1) is 8.49. The maximum absolute atomic E-state index is 10.8. The molecule has 0 bridgehead atoms. The van der Waals surface area contributed by atoms with E-state index in [4.69, 9.17) is 10.2 Å². The van der Waals surface area contributed by atoms with Crippen molar-refractivity contribution in [2.24, 2.45) is 5.92 Å². The van der Waals surface area contributed by atoms with Crippen LogP contribution in [0.2, 0.25) is 0 Å². The molecule has 2 atom stereocenters. The van der Waals surface area contributed by atoms with Gasteiger partial charge in [0.15, 0.2) is 0 Å². The number of aliphatic hydroxyl groups excluding tert-OH is 1. The summed E-state index contributed by atoms with van der Waals surface area (Å²) in [5, 5.41) is 31.0. The number of hydrogen-bond acceptors (Lipinski definition) is 4. The predicted octanol–water partition coefficient (Wildman–Crippen LogP) is 1.07. The lowest BCUT2D eigenvalue weighted by Crippen LogP contribution is -2.36. The van der Waals surface area contributed by atoms with Crippen molar-refractivity contribution in [3.8, 4) is 0 Å². The largest absolute Gasteiger partial charge is 0.465 e. The van der Waals surface area contributed by atoms with Gasteiger partial charge < -0.3 is 15.5 Å². The fourth-order valence-corrected chi connectivity index (χ4v) is 2.22. The first kappa shape index (κ1) is 12.3. The van der Waals surface area contributed by atoms with Gasteiger partial charge >= 0.3 is 6.09 Å². The third-order valence-corrected chi connectivity index (χ3v) is 3.23. The van der Waals surface area contributed by atoms with Gasteiger partial charge in [-0.15, -0.1) is 0 Å². The predicted molar refractivity (Wildman–Crippen MR) is 61.1 cm³/mol. The van der Waals surface area contributed by atoms with E-state index in [1.165, 1.54) is 18.2 Å². The van der Waals surface area contributed by atoms with Gasteiger partial charge in [-0.2, -0.15) is 0 Å². The smallest absolute Gasteiger partial charge is 0.405 e. The lowest BCUT2D eigenvalue weighted by molar-refractivity contribution is -0.385. The fourth-order valence-electron chi connectivity index (χ4n) is 2.22. The SMILES string of the molecule is O=C(O)N[C@@]1(c2cccc([N+](=O)[O-])c2)C[C@H]1CO. The van der Waals surface area contributed by atoms with E-state index in [2.05, 4.69) is 5.32 Å². The van der Waals surface area contributed by atoms with Crippen molar-refractivity contribution in [2.45, 2.75) is 12.0 Å². The molecule has 0 aliphatic heterocycles. The van der Waals surface area contributed by atoms with Crippen molar-refractivity contribution < 1.29 is 19.9 Å². The molecule has 7 heteroatoms. The number of nitro benzene ring substituents is 1. The number of nitro groups is 1. The van der Waals surface area contributed by atoms with Gasteiger partial charge in [-0.05, 0) is 12.0 Å². The zero-order chi connectivity index (χ0) is 13.3. The van der Waals surface area contributed by atoms with Crippen molar-refractivity contribution in [3.63, 3.8) is 0 Å². The highest BCUT2D eigenvalue weighted by Gasteiger charge is 2.56. The molecule has 1 saturated carbocycles. The molecule has 0 radical (unpaired) electrons. The van der Waals surface area contributed by atoms with Crippen LogP contribution in [0.3, 0.4) is 0 Å². The Morgan fingerprint density at radius 3 is 2.83 bits per heavy atom. The van der Waals surface area contributed by atoms with Gasteiger partial charge in [0, 0.05) is 24.7 Å². The van der Waals surface area contributed by atoms with E-state index < -0.39 is 16.6 Å². The van der Waals surface area contributed by atoms with Crippen LogP contribution in [0, 0.1) is 16.0 Å². The van der Waals surface area contributed by atoms with Crippen LogP contribution in [-0.2, 0) is 5.54 Å². The molecule has 2 rings (SSSR count). The van der Waals surface area contributed by atoms with Gasteiger partial charge in [0.05, 0.1) is 10.5 Å². The molecule has 96 valence electrons. The summed E-state index contributed by atoms with van der Waals surface area (Å²) in [7, 11) is 0. The molecule has 3 N–H and O–H groups in total. The minimum Gasteiger partial charge on any atom is -0.465 e. The summed E-state index contributed by atoms with van der Waals surface area (Å²) in [5.41, 5.74) is -0.479. The van der Waals surface area contributed by atoms with Gasteiger partial charge in [0.2, 0.25) is 0 Å². The molecular formula is C11H12N2O5. The van der Waals surface area contributed by atoms with Crippen LogP contribution >= 0.6 is 0 Å². The number of amides is 1. The Bertz CT molecular complexity index is 504. The summed E-state index contributed by atoms with van der Waals surface area (Å²) >= 11 is 0. The number of nitrogens with zero attached hydrogens (tertiary/aromatic N) is 1. The third-order valence-electron chi connectivity index (χ3n) is 3.23. The Labute approximate surface area is 102 Å². The molecular weight excluding hydrogens is 240 g/mol. The maximum atomic E-state index is 10.8. The average molecular weight is 252 g/mol. The number of rotatable bonds is 4. The summed E-state index contributed by atoms with van der Waals surface area (Å²) in [5.74, 6) is -0.240. The Morgan fingerprint density at radius 1 is 1.61 bits per heavy atom. The van der Waals surface area contributed by atoms with Crippen LogP contribution in [0.5, 0.6) is 0 Å². The molecule has 1 aromatic carbocycles. The standard InChI is InChI=1S/C11H12N2O5/c14-6-8-5-11(8,12-10(15)16)7-2-1-3-9(4-7)13(17)18/h1-4,8,12,14H,5-6H2,(H,15,16)/t8-,11+/m0/s1. The van der Waals surface area contributed by atoms with E-state index in [-0.39, 0.29) is 18.2 Å². The average Bonchev–Trinajstić information content (AvgIpc) is 3.03. The molecule has 1 fully saturated rings. The third kappa shape index (κ3) is 2.00. The van der Waals surface area contributed by atoms with Gasteiger partial charge in [0.1, 0.15) is 0 Å². The van der Waals surface area contributed by atoms with E-state index in [1.807, 2.05) is 0 Å². The topological polar surface area (TPSA) is 113 Å². The number of benzene rings is 1. The summed E-state index contributed by atoms with van der Waals surface area (Å²) in [6, 6.07) is 5.81. The highest BCUT2D eigenvalue weighted by Crippen LogP contribution is 2.52. The minimum atomic E-state index is -1.21. The van der Waals surface area contributed by atoms with Crippen LogP contribution in [0.25, 0.3) is 0 Å². The summed E-state index contributed by atoms with van der Waals surface area (Å²) in [6.07, 6.45) is -0.769. The van der Waals surface area contributed by atoms with Gasteiger partial charge in [-0.1, -0.05) is 12.1 Å². The Hall–Kier alpha value is -2.15. The molecule has 7 nitrogen and oxygen atoms in total. The second-order valence-electron chi connectivity index (χ2n) is 4.29. The zero-order valence-corrected chi connectivity index (χ0v) is 9.37. The second-order valence-corrected chi connectivity index (χ2v) is 4.29. The van der Waals surface area contributed by atoms with E-state index >= 15 is 0 Å². The summed E-state index contributed by atoms with van der Waals surface area (Å²) < 4.78 is 0. The highest BCUT2D eigenvalue weighted by molar-refractivity contribution is 5.67. The summed E-state index contributed by atoms with van der Waals surface area (Å²) in [6.45, 7) is -0.164. The molecule has 0 unspecified atom stereocenters. The Morgan fingerprint density at radius 2 is 2.33 bits per heavy atom. The number of nitrogens with one attached hydrogen (secondary N) is 1. The normalized spacial score (nSPS) is 25.5. The first-order valence-corrected chi connectivity index (χ1v) is 5.36. The van der Waals surface area contributed by atoms with Gasteiger partial charge in [-0.3, -0.25) is 10.1 Å². The summed E-state index contributed by atoms with van der Waals surface area (Å²) in [4.78, 5) is 20.9. The van der Waals surface area contributed by atoms with E-state index in [9.17, 15) is 14.9 Å². The van der Waals surface area contributed by atoms with Crippen LogP contribution in [0.4, 0.5) is 10.5 Å². The van der Waals surface area contributed by atoms with Gasteiger partial charge in [-0.25, -0.2) is 4.79 Å². The Balaban J connectivity index is 2.36. The molecule has 1 amide bonds. The molecule has 1 aliphatic carbocycles. The fraction of sp³-hybridized carbons (Fsp3) is 0.364. The van der Waals surface area contributed by atoms with Crippen LogP contribution in [0.1, 0.15) is 12.0 Å². The van der Waals surface area contributed by atoms with Crippen molar-refractivity contribution in [1.82, 2.24) is 5.32 Å². The van der Waals surface area contributed by atoms with E-state index in [0.717, 1.165) is 0 Å². The van der Waals surface area contributed by atoms with Crippen LogP contribution in [-0.4, -0.2) is 27.8 Å². The monoisotopic (exact) mass is 252 g/mol. The van der Waals surface area contributed by atoms with Crippen LogP contribution < -0.4 is 5.32 Å². The second kappa shape index (κ2) is 4.26. The number of non-ortho nitro benzene ring substituents is 1. The van der Waals surface area contributed by atoms with Crippen molar-refractivity contribution >= 4 is 11.8 Å². The van der Waals surface area contributed by atoms with E-state index in [1.54, 1.807) is 6.07 Å². The number of aliphatic hydroxyl groups is 1. The van der Waals surface area contributed by atoms with Crippen molar-refractivity contribution in [3.05, 3.63) is 39.9 Å². The lowest BCUT2D eigenvalue weighted by Gasteiger charge is -2.17. The van der Waals surface area contributed by atoms with Crippen molar-refractivity contribution in [2.75, 3.05) is 6.61 Å². The van der Waals surface area contributed by atoms with Crippen molar-refractivity contribution in [1.29, 1.82) is 0 Å². The quantitative estimate of drug-likeness (QED) is 0.548.